The van der Waals surface area contributed by atoms with E-state index >= 15 is 0 Å². The summed E-state index contributed by atoms with van der Waals surface area (Å²) in [5.74, 6) is 0.122. The summed E-state index contributed by atoms with van der Waals surface area (Å²) in [5.41, 5.74) is 6.10. The topological polar surface area (TPSA) is 77.0 Å². The van der Waals surface area contributed by atoms with Crippen LogP contribution in [0.25, 0.3) is 5.69 Å². The van der Waals surface area contributed by atoms with E-state index in [4.69, 9.17) is 5.73 Å². The first-order chi connectivity index (χ1) is 13.3. The second-order valence-corrected chi connectivity index (χ2v) is 7.70. The lowest BCUT2D eigenvalue weighted by molar-refractivity contribution is -0.137. The molecule has 29 heavy (non-hydrogen) atoms. The van der Waals surface area contributed by atoms with Gasteiger partial charge in [-0.2, -0.15) is 13.2 Å². The third kappa shape index (κ3) is 4.11. The average Bonchev–Trinajstić information content (AvgIpc) is 3.29. The molecule has 0 bridgehead atoms. The molecule has 2 heterocycles. The number of carbonyl (C=O) groups is 1. The zero-order valence-electron chi connectivity index (χ0n) is 15.9. The van der Waals surface area contributed by atoms with Gasteiger partial charge in [0.25, 0.3) is 5.91 Å². The average molecular weight is 430 g/mol. The van der Waals surface area contributed by atoms with Crippen LogP contribution in [0.4, 0.5) is 13.2 Å². The van der Waals surface area contributed by atoms with E-state index < -0.39 is 11.7 Å². The number of hydrogen-bond donors (Lipinski definition) is 1. The van der Waals surface area contributed by atoms with Gasteiger partial charge in [-0.3, -0.25) is 4.79 Å². The Balaban J connectivity index is 0.00000240. The molecule has 4 rings (SSSR count). The molecule has 1 amide bonds. The maximum absolute atomic E-state index is 13.1. The van der Waals surface area contributed by atoms with E-state index in [1.807, 2.05) is 6.92 Å². The summed E-state index contributed by atoms with van der Waals surface area (Å²) in [7, 11) is 0. The first-order valence-corrected chi connectivity index (χ1v) is 9.44. The number of hydrogen-bond acceptors (Lipinski definition) is 4. The second-order valence-electron chi connectivity index (χ2n) is 7.70. The van der Waals surface area contributed by atoms with Crippen molar-refractivity contribution < 1.29 is 18.0 Å². The number of likely N-dealkylation sites (tertiary alicyclic amines) is 1. The van der Waals surface area contributed by atoms with Gasteiger partial charge in [0.1, 0.15) is 0 Å². The van der Waals surface area contributed by atoms with Gasteiger partial charge in [0, 0.05) is 18.5 Å². The first-order valence-electron chi connectivity index (χ1n) is 9.44. The van der Waals surface area contributed by atoms with E-state index in [1.54, 1.807) is 11.0 Å². The summed E-state index contributed by atoms with van der Waals surface area (Å²) < 4.78 is 40.7. The van der Waals surface area contributed by atoms with Gasteiger partial charge in [-0.25, -0.2) is 4.68 Å². The fraction of sp³-hybridized carbons (Fsp3) is 0.526. The molecule has 2 unspecified atom stereocenters. The lowest BCUT2D eigenvalue weighted by Crippen LogP contribution is -2.35. The van der Waals surface area contributed by atoms with Gasteiger partial charge in [-0.15, -0.1) is 17.5 Å². The van der Waals surface area contributed by atoms with Crippen molar-refractivity contribution >= 4 is 18.3 Å². The minimum Gasteiger partial charge on any atom is -0.334 e. The molecule has 2 aromatic rings. The fourth-order valence-electron chi connectivity index (χ4n) is 3.90. The Morgan fingerprint density at radius 2 is 2.03 bits per heavy atom. The molecule has 2 fully saturated rings. The number of nitrogens with two attached hydrogens (primary N) is 1. The van der Waals surface area contributed by atoms with Crippen LogP contribution in [-0.2, 0) is 6.18 Å². The molecule has 2 aliphatic rings. The standard InChI is InChI=1S/C19H22F3N5O.ClH/c1-11-7-12(9-23)10-26(11)18(28)16-17(13-5-6-13)27(25-24-16)15-4-2-3-14(8-15)19(20,21)22;/h2-4,8,11-13H,5-7,9-10,23H2,1H3;1H. The number of amides is 1. The number of rotatable bonds is 4. The van der Waals surface area contributed by atoms with Crippen LogP contribution in [0.2, 0.25) is 0 Å². The first kappa shape index (κ1) is 21.6. The fourth-order valence-corrected chi connectivity index (χ4v) is 3.90. The number of nitrogens with zero attached hydrogens (tertiary/aromatic N) is 4. The molecule has 6 nitrogen and oxygen atoms in total. The Hall–Kier alpha value is -2.13. The van der Waals surface area contributed by atoms with Crippen molar-refractivity contribution in [1.82, 2.24) is 19.9 Å². The molecular formula is C19H23ClF3N5O. The van der Waals surface area contributed by atoms with Crippen LogP contribution in [0.1, 0.15) is 53.8 Å². The molecule has 158 valence electrons. The van der Waals surface area contributed by atoms with E-state index in [1.165, 1.54) is 10.7 Å². The largest absolute Gasteiger partial charge is 0.416 e. The number of aromatic nitrogens is 3. The Kier molecular flexibility index (Phi) is 5.91. The van der Waals surface area contributed by atoms with Crippen molar-refractivity contribution in [2.75, 3.05) is 13.1 Å². The quantitative estimate of drug-likeness (QED) is 0.808. The van der Waals surface area contributed by atoms with E-state index in [-0.39, 0.29) is 47.6 Å². The van der Waals surface area contributed by atoms with Crippen LogP contribution in [0.5, 0.6) is 0 Å². The third-order valence-electron chi connectivity index (χ3n) is 5.55. The van der Waals surface area contributed by atoms with Gasteiger partial charge in [-0.05, 0) is 56.8 Å². The Labute approximate surface area is 172 Å². The van der Waals surface area contributed by atoms with Crippen molar-refractivity contribution in [3.8, 4) is 5.69 Å². The molecule has 1 aliphatic carbocycles. The van der Waals surface area contributed by atoms with E-state index in [0.717, 1.165) is 31.4 Å². The zero-order valence-corrected chi connectivity index (χ0v) is 16.7. The van der Waals surface area contributed by atoms with Crippen LogP contribution in [0.3, 0.4) is 0 Å². The van der Waals surface area contributed by atoms with Crippen molar-refractivity contribution in [2.24, 2.45) is 11.7 Å². The highest BCUT2D eigenvalue weighted by molar-refractivity contribution is 5.94. The molecule has 1 aromatic heterocycles. The van der Waals surface area contributed by atoms with E-state index in [2.05, 4.69) is 10.3 Å². The number of carbonyl (C=O) groups excluding carboxylic acids is 1. The van der Waals surface area contributed by atoms with Crippen LogP contribution in [0, 0.1) is 5.92 Å². The zero-order chi connectivity index (χ0) is 20.1. The lowest BCUT2D eigenvalue weighted by Gasteiger charge is -2.21. The summed E-state index contributed by atoms with van der Waals surface area (Å²) >= 11 is 0. The SMILES string of the molecule is CC1CC(CN)CN1C(=O)c1nnn(-c2cccc(C(F)(F)F)c2)c1C1CC1.Cl. The van der Waals surface area contributed by atoms with Gasteiger partial charge in [-0.1, -0.05) is 11.3 Å². The van der Waals surface area contributed by atoms with Crippen molar-refractivity contribution in [3.05, 3.63) is 41.2 Å². The summed E-state index contributed by atoms with van der Waals surface area (Å²) in [6, 6.07) is 4.99. The number of alkyl halides is 3. The van der Waals surface area contributed by atoms with Gasteiger partial charge in [0.2, 0.25) is 0 Å². The smallest absolute Gasteiger partial charge is 0.334 e. The molecule has 2 atom stereocenters. The summed E-state index contributed by atoms with van der Waals surface area (Å²) in [5, 5.41) is 8.14. The van der Waals surface area contributed by atoms with Gasteiger partial charge >= 0.3 is 6.18 Å². The second kappa shape index (κ2) is 7.95. The molecule has 0 radical (unpaired) electrons. The maximum atomic E-state index is 13.1. The van der Waals surface area contributed by atoms with E-state index in [0.29, 0.717) is 18.8 Å². The minimum absolute atomic E-state index is 0. The summed E-state index contributed by atoms with van der Waals surface area (Å²) in [4.78, 5) is 14.9. The highest BCUT2D eigenvalue weighted by Crippen LogP contribution is 2.43. The predicted octanol–water partition coefficient (Wildman–Crippen LogP) is 3.39. The summed E-state index contributed by atoms with van der Waals surface area (Å²) in [6.07, 6.45) is -1.87. The Morgan fingerprint density at radius 3 is 2.62 bits per heavy atom. The number of halogens is 4. The monoisotopic (exact) mass is 429 g/mol. The van der Waals surface area contributed by atoms with E-state index in [9.17, 15) is 18.0 Å². The Morgan fingerprint density at radius 1 is 1.31 bits per heavy atom. The van der Waals surface area contributed by atoms with Crippen molar-refractivity contribution in [3.63, 3.8) is 0 Å². The molecule has 1 saturated carbocycles. The van der Waals surface area contributed by atoms with Gasteiger partial charge in [0.05, 0.1) is 16.9 Å². The molecule has 2 N–H and O–H groups in total. The molecule has 1 aromatic carbocycles. The van der Waals surface area contributed by atoms with Crippen LogP contribution in [-0.4, -0.2) is 44.9 Å². The predicted molar refractivity (Wildman–Crippen MR) is 103 cm³/mol. The van der Waals surface area contributed by atoms with Crippen molar-refractivity contribution in [2.45, 2.75) is 44.3 Å². The normalized spacial score (nSPS) is 21.9. The number of benzene rings is 1. The highest BCUT2D eigenvalue weighted by Gasteiger charge is 2.39. The van der Waals surface area contributed by atoms with Gasteiger partial charge in [0.15, 0.2) is 5.69 Å². The van der Waals surface area contributed by atoms with Gasteiger partial charge < -0.3 is 10.6 Å². The van der Waals surface area contributed by atoms with Crippen molar-refractivity contribution in [1.29, 1.82) is 0 Å². The molecule has 1 aliphatic heterocycles. The lowest BCUT2D eigenvalue weighted by atomic mass is 10.1. The Bertz CT molecular complexity index is 896. The molecular weight excluding hydrogens is 407 g/mol. The maximum Gasteiger partial charge on any atom is 0.416 e. The van der Waals surface area contributed by atoms with Crippen LogP contribution in [0.15, 0.2) is 24.3 Å². The minimum atomic E-state index is -4.45. The highest BCUT2D eigenvalue weighted by atomic mass is 35.5. The third-order valence-corrected chi connectivity index (χ3v) is 5.55. The van der Waals surface area contributed by atoms with Crippen LogP contribution >= 0.6 is 12.4 Å². The molecule has 10 heteroatoms. The molecule has 1 saturated heterocycles. The molecule has 0 spiro atoms. The van der Waals surface area contributed by atoms with Crippen LogP contribution < -0.4 is 5.73 Å². The summed E-state index contributed by atoms with van der Waals surface area (Å²) in [6.45, 7) is 3.05.